The van der Waals surface area contributed by atoms with Crippen LogP contribution in [0.5, 0.6) is 0 Å². The van der Waals surface area contributed by atoms with Crippen molar-refractivity contribution in [2.75, 3.05) is 0 Å². The highest BCUT2D eigenvalue weighted by Gasteiger charge is 2.22. The third-order valence-electron chi connectivity index (χ3n) is 11.3. The summed E-state index contributed by atoms with van der Waals surface area (Å²) in [7, 11) is 0. The van der Waals surface area contributed by atoms with Crippen LogP contribution in [0.15, 0.2) is 186 Å². The van der Waals surface area contributed by atoms with Crippen LogP contribution in [0, 0.1) is 0 Å². The quantitative estimate of drug-likeness (QED) is 0.169. The number of nitrogens with zero attached hydrogens (tertiary/aromatic N) is 2. The molecule has 0 aliphatic rings. The van der Waals surface area contributed by atoms with Gasteiger partial charge in [0.2, 0.25) is 0 Å². The summed E-state index contributed by atoms with van der Waals surface area (Å²) in [4.78, 5) is 10.8. The lowest BCUT2D eigenvalue weighted by atomic mass is 9.91. The number of para-hydroxylation sites is 1. The molecule has 260 valence electrons. The van der Waals surface area contributed by atoms with E-state index < -0.39 is 0 Å². The lowest BCUT2D eigenvalue weighted by Crippen LogP contribution is -1.95. The summed E-state index contributed by atoms with van der Waals surface area (Å²) in [6, 6.07) is 64.9. The van der Waals surface area contributed by atoms with Gasteiger partial charge in [0.25, 0.3) is 0 Å². The van der Waals surface area contributed by atoms with Gasteiger partial charge in [-0.3, -0.25) is 0 Å². The molecule has 12 aromatic rings. The van der Waals surface area contributed by atoms with E-state index in [1.165, 1.54) is 42.6 Å². The molecular weight excluding hydrogens is 701 g/mol. The average Bonchev–Trinajstić information content (AvgIpc) is 3.85. The van der Waals surface area contributed by atoms with Gasteiger partial charge in [-0.25, -0.2) is 9.97 Å². The molecule has 0 spiro atoms. The van der Waals surface area contributed by atoms with Gasteiger partial charge in [0.1, 0.15) is 11.2 Å². The Bertz CT molecular complexity index is 3560. The molecule has 3 aromatic heterocycles. The first kappa shape index (κ1) is 31.2. The summed E-state index contributed by atoms with van der Waals surface area (Å²) in [5.41, 5.74) is 10.1. The molecule has 0 fully saturated rings. The fourth-order valence-corrected chi connectivity index (χ4v) is 9.79. The highest BCUT2D eigenvalue weighted by molar-refractivity contribution is 7.26. The molecule has 9 aromatic carbocycles. The molecule has 0 saturated heterocycles. The van der Waals surface area contributed by atoms with E-state index in [0.717, 1.165) is 71.1 Å². The van der Waals surface area contributed by atoms with Crippen LogP contribution in [-0.2, 0) is 0 Å². The van der Waals surface area contributed by atoms with E-state index in [9.17, 15) is 0 Å². The summed E-state index contributed by atoms with van der Waals surface area (Å²) < 4.78 is 9.12. The highest BCUT2D eigenvalue weighted by Crippen LogP contribution is 2.45. The van der Waals surface area contributed by atoms with Crippen molar-refractivity contribution < 1.29 is 4.42 Å². The maximum atomic E-state index is 6.83. The van der Waals surface area contributed by atoms with Crippen molar-refractivity contribution in [2.24, 2.45) is 0 Å². The molecule has 56 heavy (non-hydrogen) atoms. The number of aromatic nitrogens is 2. The van der Waals surface area contributed by atoms with Gasteiger partial charge in [-0.1, -0.05) is 140 Å². The fraction of sp³-hybridized carbons (Fsp3) is 0. The molecule has 0 N–H and O–H groups in total. The smallest absolute Gasteiger partial charge is 0.161 e. The van der Waals surface area contributed by atoms with Gasteiger partial charge in [0.15, 0.2) is 5.82 Å². The van der Waals surface area contributed by atoms with Crippen molar-refractivity contribution in [1.82, 2.24) is 9.97 Å². The van der Waals surface area contributed by atoms with Crippen LogP contribution in [0.3, 0.4) is 0 Å². The fourth-order valence-electron chi connectivity index (χ4n) is 8.63. The van der Waals surface area contributed by atoms with E-state index in [2.05, 4.69) is 176 Å². The van der Waals surface area contributed by atoms with Crippen LogP contribution in [0.25, 0.3) is 119 Å². The van der Waals surface area contributed by atoms with E-state index in [4.69, 9.17) is 14.4 Å². The molecule has 0 aliphatic carbocycles. The first-order valence-corrected chi connectivity index (χ1v) is 19.7. The van der Waals surface area contributed by atoms with Crippen molar-refractivity contribution in [3.63, 3.8) is 0 Å². The Labute approximate surface area is 325 Å². The lowest BCUT2D eigenvalue weighted by molar-refractivity contribution is 0.670. The number of hydrogen-bond acceptors (Lipinski definition) is 4. The predicted molar refractivity (Wildman–Crippen MR) is 236 cm³/mol. The third kappa shape index (κ3) is 4.76. The van der Waals surface area contributed by atoms with Crippen LogP contribution < -0.4 is 0 Å². The number of hydrogen-bond donors (Lipinski definition) is 0. The summed E-state index contributed by atoms with van der Waals surface area (Å²) in [6.45, 7) is 0. The second-order valence-corrected chi connectivity index (χ2v) is 15.5. The first-order valence-electron chi connectivity index (χ1n) is 18.9. The lowest BCUT2D eigenvalue weighted by Gasteiger charge is -2.13. The van der Waals surface area contributed by atoms with Gasteiger partial charge in [-0.2, -0.15) is 0 Å². The molecule has 3 nitrogen and oxygen atoms in total. The first-order chi connectivity index (χ1) is 27.7. The van der Waals surface area contributed by atoms with Gasteiger partial charge in [0.05, 0.1) is 15.9 Å². The summed E-state index contributed by atoms with van der Waals surface area (Å²) in [5, 5.41) is 10.6. The van der Waals surface area contributed by atoms with Crippen molar-refractivity contribution in [3.05, 3.63) is 182 Å². The van der Waals surface area contributed by atoms with Crippen molar-refractivity contribution in [2.45, 2.75) is 0 Å². The zero-order chi connectivity index (χ0) is 36.7. The molecule has 0 saturated carbocycles. The molecule has 0 aliphatic heterocycles. The molecular formula is C52H30N2OS. The van der Waals surface area contributed by atoms with Gasteiger partial charge in [-0.15, -0.1) is 11.3 Å². The maximum Gasteiger partial charge on any atom is 0.161 e. The van der Waals surface area contributed by atoms with E-state index in [0.29, 0.717) is 5.82 Å². The summed E-state index contributed by atoms with van der Waals surface area (Å²) in [6.07, 6.45) is 0. The van der Waals surface area contributed by atoms with Crippen LogP contribution >= 0.6 is 11.3 Å². The highest BCUT2D eigenvalue weighted by atomic mass is 32.1. The second kappa shape index (κ2) is 12.2. The molecule has 0 amide bonds. The van der Waals surface area contributed by atoms with Crippen LogP contribution in [0.4, 0.5) is 0 Å². The van der Waals surface area contributed by atoms with Crippen LogP contribution in [0.2, 0.25) is 0 Å². The van der Waals surface area contributed by atoms with Crippen molar-refractivity contribution >= 4 is 85.9 Å². The second-order valence-electron chi connectivity index (χ2n) is 14.5. The number of benzene rings is 9. The largest absolute Gasteiger partial charge is 0.455 e. The molecule has 3 heterocycles. The minimum atomic E-state index is 0.684. The minimum absolute atomic E-state index is 0.684. The van der Waals surface area contributed by atoms with Crippen molar-refractivity contribution in [3.8, 4) is 44.9 Å². The van der Waals surface area contributed by atoms with Crippen molar-refractivity contribution in [1.29, 1.82) is 0 Å². The Morgan fingerprint density at radius 2 is 1.09 bits per heavy atom. The Hall–Kier alpha value is -7.14. The van der Waals surface area contributed by atoms with Crippen LogP contribution in [-0.4, -0.2) is 9.97 Å². The Kier molecular flexibility index (Phi) is 6.80. The monoisotopic (exact) mass is 730 g/mol. The molecule has 0 atom stereocenters. The van der Waals surface area contributed by atoms with E-state index in [1.807, 2.05) is 6.07 Å². The summed E-state index contributed by atoms with van der Waals surface area (Å²) in [5.74, 6) is 0.684. The number of furan rings is 1. The maximum absolute atomic E-state index is 6.83. The molecule has 0 bridgehead atoms. The number of rotatable bonds is 4. The summed E-state index contributed by atoms with van der Waals surface area (Å²) >= 11 is 1.76. The molecule has 0 unspecified atom stereocenters. The van der Waals surface area contributed by atoms with E-state index in [1.54, 1.807) is 11.3 Å². The average molecular weight is 731 g/mol. The molecule has 12 rings (SSSR count). The standard InChI is InChI=1S/C52H30N2OS/c1-2-13-32-28-36(25-24-31(32)12-1)48-51-49(42-21-8-10-23-46(42)56-51)54-52(53-48)43-27-26-38(50-47(43)41-20-7-9-22-45(41)55-50)33-15-11-16-34(29-33)44-30-35-14-3-4-17-37(35)39-18-5-6-19-40(39)44/h1-30H. The van der Waals surface area contributed by atoms with Crippen LogP contribution in [0.1, 0.15) is 0 Å². The topological polar surface area (TPSA) is 38.9 Å². The van der Waals surface area contributed by atoms with Gasteiger partial charge < -0.3 is 4.42 Å². The Balaban J connectivity index is 1.09. The Morgan fingerprint density at radius 3 is 1.96 bits per heavy atom. The SMILES string of the molecule is c1cc(-c2cc3ccccc3c3ccccc23)cc(-c2ccc(-c3nc(-c4ccc5ccccc5c4)c4sc5ccccc5c4n3)c3c2oc2ccccc23)c1. The number of thiophene rings is 1. The minimum Gasteiger partial charge on any atom is -0.455 e. The zero-order valence-electron chi connectivity index (χ0n) is 30.0. The van der Waals surface area contributed by atoms with E-state index >= 15 is 0 Å². The Morgan fingerprint density at radius 1 is 0.411 bits per heavy atom. The van der Waals surface area contributed by atoms with Gasteiger partial charge in [-0.05, 0) is 91.5 Å². The zero-order valence-corrected chi connectivity index (χ0v) is 30.8. The third-order valence-corrected chi connectivity index (χ3v) is 12.4. The van der Waals surface area contributed by atoms with Gasteiger partial charge >= 0.3 is 0 Å². The normalized spacial score (nSPS) is 11.9. The van der Waals surface area contributed by atoms with E-state index in [-0.39, 0.29) is 0 Å². The number of fused-ring (bicyclic) bond motifs is 10. The van der Waals surface area contributed by atoms with Gasteiger partial charge in [0, 0.05) is 37.5 Å². The molecule has 0 radical (unpaired) electrons. The molecule has 4 heteroatoms. The predicted octanol–water partition coefficient (Wildman–Crippen LogP) is 14.9.